The third kappa shape index (κ3) is 1.75. The van der Waals surface area contributed by atoms with E-state index in [2.05, 4.69) is 9.47 Å². The molecule has 1 saturated heterocycles. The normalized spacial score (nSPS) is 30.1. The van der Waals surface area contributed by atoms with E-state index in [1.54, 1.807) is 0 Å². The third-order valence-electron chi connectivity index (χ3n) is 1.18. The third-order valence-corrected chi connectivity index (χ3v) is 1.18. The van der Waals surface area contributed by atoms with Crippen LogP contribution in [0.1, 0.15) is 6.42 Å². The minimum atomic E-state index is -4.05. The summed E-state index contributed by atoms with van der Waals surface area (Å²) in [7, 11) is 0. The second-order valence-corrected chi connectivity index (χ2v) is 2.02. The molecule has 0 aromatic carbocycles. The van der Waals surface area contributed by atoms with Crippen molar-refractivity contribution in [3.8, 4) is 0 Å². The van der Waals surface area contributed by atoms with Gasteiger partial charge in [0.15, 0.2) is 0 Å². The van der Waals surface area contributed by atoms with Crippen LogP contribution in [0.4, 0.5) is 18.0 Å². The number of carbonyl (C=O) groups is 1. The second-order valence-electron chi connectivity index (χ2n) is 2.02. The molecule has 0 bridgehead atoms. The van der Waals surface area contributed by atoms with Gasteiger partial charge in [0.25, 0.3) is 0 Å². The Kier molecular flexibility index (Phi) is 1.92. The summed E-state index contributed by atoms with van der Waals surface area (Å²) in [5.41, 5.74) is 0. The highest BCUT2D eigenvalue weighted by molar-refractivity contribution is 5.60. The maximum absolute atomic E-state index is 12.3. The number of cyclic esters (lactones) is 2. The highest BCUT2D eigenvalue weighted by Gasteiger charge is 2.47. The molecular formula is C5H5F3O3. The zero-order valence-corrected chi connectivity index (χ0v) is 5.35. The van der Waals surface area contributed by atoms with E-state index in [1.165, 1.54) is 0 Å². The van der Waals surface area contributed by atoms with Gasteiger partial charge in [-0.15, -0.1) is 0 Å². The van der Waals surface area contributed by atoms with Crippen molar-refractivity contribution >= 4 is 6.16 Å². The summed E-state index contributed by atoms with van der Waals surface area (Å²) in [6, 6.07) is 0. The molecular weight excluding hydrogens is 165 g/mol. The van der Waals surface area contributed by atoms with Crippen LogP contribution < -0.4 is 0 Å². The van der Waals surface area contributed by atoms with Crippen LogP contribution in [0, 0.1) is 0 Å². The van der Waals surface area contributed by atoms with E-state index in [-0.39, 0.29) is 6.61 Å². The molecule has 1 atom stereocenters. The Morgan fingerprint density at radius 2 is 2.18 bits per heavy atom. The van der Waals surface area contributed by atoms with Crippen LogP contribution in [-0.2, 0) is 9.47 Å². The van der Waals surface area contributed by atoms with Gasteiger partial charge in [-0.05, 0) is 0 Å². The molecule has 0 aliphatic carbocycles. The Labute approximate surface area is 60.1 Å². The lowest BCUT2D eigenvalue weighted by Gasteiger charge is -2.14. The van der Waals surface area contributed by atoms with Gasteiger partial charge in [-0.2, -0.15) is 8.78 Å². The molecule has 0 spiro atoms. The topological polar surface area (TPSA) is 35.5 Å². The Hall–Kier alpha value is -0.940. The van der Waals surface area contributed by atoms with Gasteiger partial charge in [0.1, 0.15) is 0 Å². The summed E-state index contributed by atoms with van der Waals surface area (Å²) in [6.07, 6.45) is -8.60. The number of rotatable bonds is 0. The number of ether oxygens (including phenoxy) is 2. The average molecular weight is 170 g/mol. The summed E-state index contributed by atoms with van der Waals surface area (Å²) < 4.78 is 44.1. The number of halogens is 3. The van der Waals surface area contributed by atoms with Crippen molar-refractivity contribution in [3.05, 3.63) is 0 Å². The lowest BCUT2D eigenvalue weighted by Crippen LogP contribution is -2.32. The zero-order chi connectivity index (χ0) is 8.48. The molecule has 1 rings (SSSR count). The van der Waals surface area contributed by atoms with E-state index in [0.717, 1.165) is 0 Å². The summed E-state index contributed by atoms with van der Waals surface area (Å²) in [6.45, 7) is -0.379. The Bertz CT molecular complexity index is 170. The number of hydrogen-bond donors (Lipinski definition) is 0. The smallest absolute Gasteiger partial charge is 0.434 e. The second kappa shape index (κ2) is 2.60. The van der Waals surface area contributed by atoms with Crippen LogP contribution in [0.3, 0.4) is 0 Å². The summed E-state index contributed by atoms with van der Waals surface area (Å²) >= 11 is 0. The molecule has 11 heavy (non-hydrogen) atoms. The Balaban J connectivity index is 2.68. The average Bonchev–Trinajstić information content (AvgIpc) is 1.93. The Morgan fingerprint density at radius 3 is 2.82 bits per heavy atom. The molecule has 0 aromatic heterocycles. The molecule has 0 aromatic rings. The quantitative estimate of drug-likeness (QED) is 0.516. The molecule has 64 valence electrons. The van der Waals surface area contributed by atoms with E-state index in [0.29, 0.717) is 0 Å². The highest BCUT2D eigenvalue weighted by atomic mass is 19.3. The SMILES string of the molecule is O=C1OCCC(F)C(F)(F)O1. The van der Waals surface area contributed by atoms with Gasteiger partial charge >= 0.3 is 12.3 Å². The summed E-state index contributed by atoms with van der Waals surface area (Å²) in [5.74, 6) is 0. The first-order chi connectivity index (χ1) is 5.02. The maximum Gasteiger partial charge on any atom is 0.513 e. The van der Waals surface area contributed by atoms with Crippen LogP contribution in [0.25, 0.3) is 0 Å². The lowest BCUT2D eigenvalue weighted by atomic mass is 10.3. The highest BCUT2D eigenvalue weighted by Crippen LogP contribution is 2.28. The van der Waals surface area contributed by atoms with Gasteiger partial charge in [-0.1, -0.05) is 0 Å². The van der Waals surface area contributed by atoms with Crippen LogP contribution in [0.2, 0.25) is 0 Å². The fourth-order valence-corrected chi connectivity index (χ4v) is 0.618. The van der Waals surface area contributed by atoms with Gasteiger partial charge in [0, 0.05) is 6.42 Å². The van der Waals surface area contributed by atoms with Gasteiger partial charge in [-0.3, -0.25) is 0 Å². The minimum Gasteiger partial charge on any atom is -0.434 e. The van der Waals surface area contributed by atoms with Crippen molar-refractivity contribution < 1.29 is 27.4 Å². The molecule has 1 unspecified atom stereocenters. The summed E-state index contributed by atoms with van der Waals surface area (Å²) in [5, 5.41) is 0. The molecule has 1 fully saturated rings. The van der Waals surface area contributed by atoms with Crippen LogP contribution >= 0.6 is 0 Å². The van der Waals surface area contributed by atoms with Gasteiger partial charge in [0.2, 0.25) is 6.17 Å². The predicted octanol–water partition coefficient (Wildman–Crippen LogP) is 1.47. The monoisotopic (exact) mass is 170 g/mol. The van der Waals surface area contributed by atoms with Crippen molar-refractivity contribution in [2.45, 2.75) is 18.7 Å². The van der Waals surface area contributed by atoms with E-state index in [4.69, 9.17) is 0 Å². The molecule has 1 heterocycles. The first-order valence-electron chi connectivity index (χ1n) is 2.90. The van der Waals surface area contributed by atoms with E-state index in [9.17, 15) is 18.0 Å². The number of hydrogen-bond acceptors (Lipinski definition) is 3. The van der Waals surface area contributed by atoms with Crippen molar-refractivity contribution in [1.82, 2.24) is 0 Å². The minimum absolute atomic E-state index is 0.379. The van der Waals surface area contributed by atoms with Crippen LogP contribution in [-0.4, -0.2) is 25.0 Å². The van der Waals surface area contributed by atoms with E-state index < -0.39 is 24.9 Å². The van der Waals surface area contributed by atoms with E-state index >= 15 is 0 Å². The lowest BCUT2D eigenvalue weighted by molar-refractivity contribution is -0.238. The molecule has 6 heteroatoms. The van der Waals surface area contributed by atoms with Crippen LogP contribution in [0.5, 0.6) is 0 Å². The van der Waals surface area contributed by atoms with Gasteiger partial charge in [-0.25, -0.2) is 9.18 Å². The van der Waals surface area contributed by atoms with Crippen molar-refractivity contribution in [3.63, 3.8) is 0 Å². The van der Waals surface area contributed by atoms with Crippen LogP contribution in [0.15, 0.2) is 0 Å². The predicted molar refractivity (Wildman–Crippen MR) is 26.9 cm³/mol. The van der Waals surface area contributed by atoms with Crippen molar-refractivity contribution in [2.75, 3.05) is 6.61 Å². The molecule has 1 aliphatic heterocycles. The largest absolute Gasteiger partial charge is 0.513 e. The van der Waals surface area contributed by atoms with Crippen molar-refractivity contribution in [2.24, 2.45) is 0 Å². The first kappa shape index (κ1) is 8.16. The fraction of sp³-hybridized carbons (Fsp3) is 0.800. The first-order valence-corrected chi connectivity index (χ1v) is 2.90. The van der Waals surface area contributed by atoms with Crippen molar-refractivity contribution in [1.29, 1.82) is 0 Å². The molecule has 0 N–H and O–H groups in total. The van der Waals surface area contributed by atoms with Gasteiger partial charge in [0.05, 0.1) is 6.61 Å². The zero-order valence-electron chi connectivity index (χ0n) is 5.35. The molecule has 1 aliphatic rings. The fourth-order valence-electron chi connectivity index (χ4n) is 0.618. The summed E-state index contributed by atoms with van der Waals surface area (Å²) in [4.78, 5) is 10.2. The standard InChI is InChI=1S/C5H5F3O3/c6-3-1-2-10-4(9)11-5(3,7)8/h3H,1-2H2. The molecule has 0 radical (unpaired) electrons. The molecule has 0 saturated carbocycles. The van der Waals surface area contributed by atoms with Gasteiger partial charge < -0.3 is 9.47 Å². The van der Waals surface area contributed by atoms with E-state index in [1.807, 2.05) is 0 Å². The molecule has 0 amide bonds. The number of carbonyl (C=O) groups excluding carboxylic acids is 1. The molecule has 3 nitrogen and oxygen atoms in total. The maximum atomic E-state index is 12.3. The Morgan fingerprint density at radius 1 is 1.55 bits per heavy atom. The number of alkyl halides is 3.